The highest BCUT2D eigenvalue weighted by Crippen LogP contribution is 2.37. The van der Waals surface area contributed by atoms with Crippen LogP contribution in [0.3, 0.4) is 0 Å². The van der Waals surface area contributed by atoms with Crippen LogP contribution in [0, 0.1) is 17.0 Å². The van der Waals surface area contributed by atoms with Gasteiger partial charge in [-0.1, -0.05) is 34.1 Å². The molecule has 1 atom stereocenters. The molecule has 1 unspecified atom stereocenters. The molecule has 0 aromatic carbocycles. The van der Waals surface area contributed by atoms with E-state index >= 15 is 0 Å². The van der Waals surface area contributed by atoms with E-state index in [0.29, 0.717) is 11.7 Å². The number of rotatable bonds is 9. The van der Waals surface area contributed by atoms with Gasteiger partial charge in [-0.2, -0.15) is 0 Å². The van der Waals surface area contributed by atoms with Crippen molar-refractivity contribution in [1.29, 1.82) is 0 Å². The number of hydrogen-bond donors (Lipinski definition) is 0. The maximum atomic E-state index is 10.1. The molecule has 0 N–H and O–H groups in total. The van der Waals surface area contributed by atoms with E-state index in [-0.39, 0.29) is 6.61 Å². The highest BCUT2D eigenvalue weighted by Gasteiger charge is 2.11. The fraction of sp³-hybridized carbons (Fsp3) is 0.615. The second-order valence-corrected chi connectivity index (χ2v) is 8.31. The quantitative estimate of drug-likeness (QED) is 0.289. The molecule has 1 aliphatic heterocycles. The summed E-state index contributed by atoms with van der Waals surface area (Å²) in [6.07, 6.45) is 7.41. The smallest absolute Gasteiger partial charge is 0.294 e. The zero-order chi connectivity index (χ0) is 15.1. The van der Waals surface area contributed by atoms with Crippen LogP contribution in [0.15, 0.2) is 11.5 Å². The third-order valence-corrected chi connectivity index (χ3v) is 6.82. The van der Waals surface area contributed by atoms with E-state index in [0.717, 1.165) is 28.4 Å². The normalized spacial score (nSPS) is 17.3. The van der Waals surface area contributed by atoms with Gasteiger partial charge in [0.1, 0.15) is 6.61 Å². The molecule has 8 heteroatoms. The predicted octanol–water partition coefficient (Wildman–Crippen LogP) is 4.19. The van der Waals surface area contributed by atoms with Crippen molar-refractivity contribution < 1.29 is 9.92 Å². The molecule has 0 bridgehead atoms. The van der Waals surface area contributed by atoms with E-state index < -0.39 is 5.09 Å². The minimum atomic E-state index is -0.745. The summed E-state index contributed by atoms with van der Waals surface area (Å²) in [7, 11) is 3.75. The first-order valence-electron chi connectivity index (χ1n) is 6.86. The summed E-state index contributed by atoms with van der Waals surface area (Å²) < 4.78 is 0. The molecule has 0 aliphatic carbocycles. The summed E-state index contributed by atoms with van der Waals surface area (Å²) >= 11 is 1.66. The SMILES string of the molecule is Cc1nc(CCCCC2C=CSS2)sc1CCO[N+](=O)[O-]. The zero-order valence-corrected chi connectivity index (χ0v) is 14.3. The van der Waals surface area contributed by atoms with Gasteiger partial charge < -0.3 is 4.84 Å². The van der Waals surface area contributed by atoms with Gasteiger partial charge in [0.05, 0.1) is 10.7 Å². The van der Waals surface area contributed by atoms with Gasteiger partial charge in [0.25, 0.3) is 5.09 Å². The van der Waals surface area contributed by atoms with Gasteiger partial charge in [-0.15, -0.1) is 21.5 Å². The first-order valence-corrected chi connectivity index (χ1v) is 9.95. The minimum absolute atomic E-state index is 0.110. The van der Waals surface area contributed by atoms with E-state index in [2.05, 4.69) is 21.3 Å². The molecule has 2 rings (SSSR count). The van der Waals surface area contributed by atoms with Crippen LogP contribution >= 0.6 is 32.9 Å². The summed E-state index contributed by atoms with van der Waals surface area (Å²) in [4.78, 5) is 20.1. The number of hydrogen-bond acceptors (Lipinski definition) is 7. The third kappa shape index (κ3) is 5.88. The Bertz CT molecular complexity index is 505. The number of aromatic nitrogens is 1. The average Bonchev–Trinajstić information content (AvgIpc) is 3.05. The van der Waals surface area contributed by atoms with Crippen molar-refractivity contribution in [3.8, 4) is 0 Å². The molecule has 0 spiro atoms. The predicted molar refractivity (Wildman–Crippen MR) is 89.2 cm³/mol. The van der Waals surface area contributed by atoms with Crippen molar-refractivity contribution in [3.63, 3.8) is 0 Å². The Hall–Kier alpha value is -0.730. The molecule has 2 heterocycles. The molecule has 21 heavy (non-hydrogen) atoms. The van der Waals surface area contributed by atoms with E-state index in [9.17, 15) is 10.1 Å². The van der Waals surface area contributed by atoms with Crippen LogP contribution in [0.1, 0.15) is 34.8 Å². The van der Waals surface area contributed by atoms with Gasteiger partial charge >= 0.3 is 0 Å². The van der Waals surface area contributed by atoms with Crippen LogP contribution in [0.2, 0.25) is 0 Å². The Morgan fingerprint density at radius 3 is 3.00 bits per heavy atom. The van der Waals surface area contributed by atoms with Crippen LogP contribution in [0.4, 0.5) is 0 Å². The maximum absolute atomic E-state index is 10.1. The fourth-order valence-electron chi connectivity index (χ4n) is 2.06. The lowest BCUT2D eigenvalue weighted by atomic mass is 10.1. The Balaban J connectivity index is 1.68. The second kappa shape index (κ2) is 8.65. The molecule has 116 valence electrons. The van der Waals surface area contributed by atoms with Crippen molar-refractivity contribution in [3.05, 3.63) is 37.2 Å². The van der Waals surface area contributed by atoms with Gasteiger partial charge in [0, 0.05) is 16.5 Å². The Morgan fingerprint density at radius 1 is 1.43 bits per heavy atom. The highest BCUT2D eigenvalue weighted by molar-refractivity contribution is 8.78. The first-order chi connectivity index (χ1) is 10.1. The molecule has 5 nitrogen and oxygen atoms in total. The summed E-state index contributed by atoms with van der Waals surface area (Å²) in [5.41, 5.74) is 0.979. The molecule has 0 saturated heterocycles. The van der Waals surface area contributed by atoms with E-state index in [1.807, 2.05) is 28.5 Å². The number of thiazole rings is 1. The summed E-state index contributed by atoms with van der Waals surface area (Å²) in [6.45, 7) is 2.07. The first kappa shape index (κ1) is 16.6. The second-order valence-electron chi connectivity index (χ2n) is 4.73. The molecular weight excluding hydrogens is 328 g/mol. The average molecular weight is 346 g/mol. The Kier molecular flexibility index (Phi) is 6.85. The van der Waals surface area contributed by atoms with Gasteiger partial charge in [0.15, 0.2) is 0 Å². The number of aryl methyl sites for hydroxylation is 2. The van der Waals surface area contributed by atoms with Crippen molar-refractivity contribution in [2.45, 2.75) is 44.3 Å². The Labute approximate surface area is 136 Å². The summed E-state index contributed by atoms with van der Waals surface area (Å²) in [5, 5.41) is 13.3. The minimum Gasteiger partial charge on any atom is -0.314 e. The lowest BCUT2D eigenvalue weighted by molar-refractivity contribution is -0.757. The standard InChI is InChI=1S/C13H18N2O3S3/c1-10-12(6-8-18-15(16)17)20-13(14-10)5-3-2-4-11-7-9-19-21-11/h7,9,11H,2-6,8H2,1H3. The fourth-order valence-corrected chi connectivity index (χ4v) is 5.41. The molecule has 1 aliphatic rings. The molecule has 1 aromatic rings. The monoisotopic (exact) mass is 346 g/mol. The summed E-state index contributed by atoms with van der Waals surface area (Å²) in [5.74, 6) is 0. The van der Waals surface area contributed by atoms with Crippen LogP contribution in [0.5, 0.6) is 0 Å². The van der Waals surface area contributed by atoms with E-state index in [4.69, 9.17) is 0 Å². The van der Waals surface area contributed by atoms with Gasteiger partial charge in [-0.3, -0.25) is 0 Å². The molecule has 0 amide bonds. The molecule has 0 radical (unpaired) electrons. The molecule has 0 saturated carbocycles. The van der Waals surface area contributed by atoms with Crippen molar-refractivity contribution in [1.82, 2.24) is 4.98 Å². The van der Waals surface area contributed by atoms with Crippen LogP contribution < -0.4 is 0 Å². The largest absolute Gasteiger partial charge is 0.314 e. The van der Waals surface area contributed by atoms with E-state index in [1.54, 1.807) is 11.3 Å². The third-order valence-electron chi connectivity index (χ3n) is 3.12. The zero-order valence-electron chi connectivity index (χ0n) is 11.8. The topological polar surface area (TPSA) is 65.3 Å². The van der Waals surface area contributed by atoms with Crippen molar-refractivity contribution in [2.24, 2.45) is 0 Å². The maximum Gasteiger partial charge on any atom is 0.294 e. The van der Waals surface area contributed by atoms with Crippen molar-refractivity contribution >= 4 is 32.9 Å². The molecule has 1 aromatic heterocycles. The number of unbranched alkanes of at least 4 members (excludes halogenated alkanes) is 1. The lowest BCUT2D eigenvalue weighted by Crippen LogP contribution is -2.04. The van der Waals surface area contributed by atoms with Crippen LogP contribution in [-0.2, 0) is 17.7 Å². The van der Waals surface area contributed by atoms with Gasteiger partial charge in [0.2, 0.25) is 0 Å². The highest BCUT2D eigenvalue weighted by atomic mass is 33.1. The van der Waals surface area contributed by atoms with Crippen molar-refractivity contribution in [2.75, 3.05) is 6.61 Å². The molecular formula is C13H18N2O3S3. The van der Waals surface area contributed by atoms with Crippen LogP contribution in [0.25, 0.3) is 0 Å². The van der Waals surface area contributed by atoms with E-state index in [1.165, 1.54) is 12.8 Å². The van der Waals surface area contributed by atoms with Crippen LogP contribution in [-0.4, -0.2) is 21.9 Å². The lowest BCUT2D eigenvalue weighted by Gasteiger charge is -2.04. The molecule has 0 fully saturated rings. The number of nitrogens with zero attached hydrogens (tertiary/aromatic N) is 2. The summed E-state index contributed by atoms with van der Waals surface area (Å²) in [6, 6.07) is 0. The Morgan fingerprint density at radius 2 is 2.29 bits per heavy atom. The van der Waals surface area contributed by atoms with Gasteiger partial charge in [-0.25, -0.2) is 4.98 Å². The van der Waals surface area contributed by atoms with Gasteiger partial charge in [-0.05, 0) is 31.6 Å².